The Morgan fingerprint density at radius 1 is 1.44 bits per heavy atom. The Bertz CT molecular complexity index is 445. The molecule has 2 fully saturated rings. The van der Waals surface area contributed by atoms with Gasteiger partial charge in [0.25, 0.3) is 0 Å². The minimum atomic E-state index is 0.178. The smallest absolute Gasteiger partial charge is 0.224 e. The van der Waals surface area contributed by atoms with E-state index in [1.165, 1.54) is 0 Å². The van der Waals surface area contributed by atoms with E-state index in [-0.39, 0.29) is 11.8 Å². The van der Waals surface area contributed by atoms with Gasteiger partial charge in [-0.05, 0) is 26.3 Å². The number of aromatic nitrogens is 2. The second kappa shape index (κ2) is 4.65. The van der Waals surface area contributed by atoms with Gasteiger partial charge in [0.05, 0.1) is 17.3 Å². The van der Waals surface area contributed by atoms with E-state index in [1.54, 1.807) is 6.20 Å². The second-order valence-electron chi connectivity index (χ2n) is 5.18. The van der Waals surface area contributed by atoms with Crippen LogP contribution in [0.5, 0.6) is 0 Å². The molecule has 0 spiro atoms. The van der Waals surface area contributed by atoms with Crippen LogP contribution < -0.4 is 5.32 Å². The van der Waals surface area contributed by atoms with Crippen molar-refractivity contribution in [3.63, 3.8) is 0 Å². The van der Waals surface area contributed by atoms with Crippen LogP contribution in [-0.4, -0.2) is 39.9 Å². The van der Waals surface area contributed by atoms with Gasteiger partial charge >= 0.3 is 0 Å². The maximum absolute atomic E-state index is 11.7. The van der Waals surface area contributed by atoms with Gasteiger partial charge in [-0.2, -0.15) is 0 Å². The Kier molecular flexibility index (Phi) is 2.99. The van der Waals surface area contributed by atoms with Crippen molar-refractivity contribution in [3.05, 3.63) is 23.8 Å². The van der Waals surface area contributed by atoms with E-state index in [2.05, 4.69) is 20.2 Å². The van der Waals surface area contributed by atoms with Crippen LogP contribution in [0.25, 0.3) is 0 Å². The van der Waals surface area contributed by atoms with Crippen LogP contribution in [0.2, 0.25) is 0 Å². The summed E-state index contributed by atoms with van der Waals surface area (Å²) in [4.78, 5) is 22.7. The minimum Gasteiger partial charge on any atom is -0.354 e. The fourth-order valence-electron chi connectivity index (χ4n) is 2.95. The lowest BCUT2D eigenvalue weighted by Crippen LogP contribution is -2.45. The summed E-state index contributed by atoms with van der Waals surface area (Å²) in [5.74, 6) is 0.400. The van der Waals surface area contributed by atoms with Crippen molar-refractivity contribution in [3.8, 4) is 0 Å². The Morgan fingerprint density at radius 3 is 3.11 bits per heavy atom. The Balaban J connectivity index is 1.72. The molecule has 5 nitrogen and oxygen atoms in total. The monoisotopic (exact) mass is 246 g/mol. The van der Waals surface area contributed by atoms with Crippen LogP contribution in [0.15, 0.2) is 12.4 Å². The summed E-state index contributed by atoms with van der Waals surface area (Å²) in [6.07, 6.45) is 5.75. The van der Waals surface area contributed by atoms with Gasteiger partial charge in [0.2, 0.25) is 5.91 Å². The van der Waals surface area contributed by atoms with E-state index in [0.29, 0.717) is 6.04 Å². The average molecular weight is 246 g/mol. The molecule has 3 heterocycles. The molecule has 1 aromatic rings. The third-order valence-electron chi connectivity index (χ3n) is 3.92. The van der Waals surface area contributed by atoms with E-state index in [9.17, 15) is 4.79 Å². The summed E-state index contributed by atoms with van der Waals surface area (Å²) < 4.78 is 0. The van der Waals surface area contributed by atoms with Gasteiger partial charge in [-0.1, -0.05) is 0 Å². The predicted octanol–water partition coefficient (Wildman–Crippen LogP) is 0.495. The number of likely N-dealkylation sites (tertiary alicyclic amines) is 1. The molecular weight excluding hydrogens is 228 g/mol. The van der Waals surface area contributed by atoms with Gasteiger partial charge in [-0.25, -0.2) is 0 Å². The van der Waals surface area contributed by atoms with Crippen molar-refractivity contribution in [2.75, 3.05) is 13.1 Å². The van der Waals surface area contributed by atoms with E-state index in [0.717, 1.165) is 43.9 Å². The van der Waals surface area contributed by atoms with Crippen LogP contribution in [0.1, 0.15) is 24.2 Å². The average Bonchev–Trinajstić information content (AvgIpc) is 2.76. The summed E-state index contributed by atoms with van der Waals surface area (Å²) in [6.45, 7) is 4.56. The van der Waals surface area contributed by atoms with Crippen LogP contribution in [0.4, 0.5) is 0 Å². The molecule has 2 saturated heterocycles. The van der Waals surface area contributed by atoms with Crippen molar-refractivity contribution in [1.29, 1.82) is 0 Å². The van der Waals surface area contributed by atoms with Crippen molar-refractivity contribution < 1.29 is 4.79 Å². The molecule has 0 radical (unpaired) electrons. The summed E-state index contributed by atoms with van der Waals surface area (Å²) >= 11 is 0. The zero-order valence-corrected chi connectivity index (χ0v) is 10.6. The lowest BCUT2D eigenvalue weighted by Gasteiger charge is -2.35. The quantitative estimate of drug-likeness (QED) is 0.825. The summed E-state index contributed by atoms with van der Waals surface area (Å²) in [5, 5.41) is 2.97. The highest BCUT2D eigenvalue weighted by Gasteiger charge is 2.40. The summed E-state index contributed by atoms with van der Waals surface area (Å²) in [6, 6.07) is 0.342. The fraction of sp³-hybridized carbons (Fsp3) is 0.615. The van der Waals surface area contributed by atoms with Gasteiger partial charge in [0.15, 0.2) is 0 Å². The Hall–Kier alpha value is -1.49. The number of piperidine rings is 1. The maximum Gasteiger partial charge on any atom is 0.224 e. The fourth-order valence-corrected chi connectivity index (χ4v) is 2.95. The zero-order chi connectivity index (χ0) is 12.5. The van der Waals surface area contributed by atoms with Crippen LogP contribution in [-0.2, 0) is 11.3 Å². The van der Waals surface area contributed by atoms with Crippen molar-refractivity contribution in [2.45, 2.75) is 32.4 Å². The number of amides is 1. The number of nitrogens with one attached hydrogen (secondary N) is 1. The Morgan fingerprint density at radius 2 is 2.33 bits per heavy atom. The first-order chi connectivity index (χ1) is 8.74. The molecule has 3 rings (SSSR count). The van der Waals surface area contributed by atoms with Gasteiger partial charge in [-0.15, -0.1) is 0 Å². The number of fused-ring (bicyclic) bond motifs is 1. The molecule has 0 saturated carbocycles. The number of hydrogen-bond acceptors (Lipinski definition) is 4. The largest absolute Gasteiger partial charge is 0.354 e. The summed E-state index contributed by atoms with van der Waals surface area (Å²) in [5.41, 5.74) is 1.92. The molecular formula is C13H18N4O. The molecule has 2 aliphatic heterocycles. The SMILES string of the molecule is Cc1cnc(CN2CCC[C@H]3C(=O)NC[C@H]32)cn1. The highest BCUT2D eigenvalue weighted by atomic mass is 16.2. The second-order valence-corrected chi connectivity index (χ2v) is 5.18. The van der Waals surface area contributed by atoms with Crippen molar-refractivity contribution in [1.82, 2.24) is 20.2 Å². The normalized spacial score (nSPS) is 27.9. The van der Waals surface area contributed by atoms with Gasteiger partial charge in [0.1, 0.15) is 0 Å². The predicted molar refractivity (Wildman–Crippen MR) is 66.7 cm³/mol. The van der Waals surface area contributed by atoms with E-state index in [1.807, 2.05) is 13.1 Å². The lowest BCUT2D eigenvalue weighted by atomic mass is 9.91. The van der Waals surface area contributed by atoms with Crippen molar-refractivity contribution >= 4 is 5.91 Å². The molecule has 2 atom stereocenters. The first kappa shape index (κ1) is 11.6. The third-order valence-corrected chi connectivity index (χ3v) is 3.92. The van der Waals surface area contributed by atoms with E-state index < -0.39 is 0 Å². The molecule has 96 valence electrons. The van der Waals surface area contributed by atoms with E-state index >= 15 is 0 Å². The Labute approximate surface area is 107 Å². The number of carbonyl (C=O) groups is 1. The van der Waals surface area contributed by atoms with Gasteiger partial charge < -0.3 is 5.32 Å². The molecule has 1 amide bonds. The first-order valence-electron chi connectivity index (χ1n) is 6.53. The zero-order valence-electron chi connectivity index (χ0n) is 10.6. The molecule has 0 unspecified atom stereocenters. The van der Waals surface area contributed by atoms with Gasteiger partial charge in [0, 0.05) is 31.5 Å². The maximum atomic E-state index is 11.7. The number of aryl methyl sites for hydroxylation is 1. The molecule has 0 aromatic carbocycles. The topological polar surface area (TPSA) is 58.1 Å². The summed E-state index contributed by atoms with van der Waals surface area (Å²) in [7, 11) is 0. The number of nitrogens with zero attached hydrogens (tertiary/aromatic N) is 3. The minimum absolute atomic E-state index is 0.178. The highest BCUT2D eigenvalue weighted by molar-refractivity contribution is 5.82. The van der Waals surface area contributed by atoms with Crippen LogP contribution >= 0.6 is 0 Å². The molecule has 5 heteroatoms. The first-order valence-corrected chi connectivity index (χ1v) is 6.53. The third kappa shape index (κ3) is 2.10. The lowest BCUT2D eigenvalue weighted by molar-refractivity contribution is -0.124. The molecule has 0 aliphatic carbocycles. The standard InChI is InChI=1S/C13H18N4O/c1-9-5-15-10(6-14-9)8-17-4-2-3-11-12(17)7-16-13(11)18/h5-6,11-12H,2-4,7-8H2,1H3,(H,16,18)/t11-,12-/m1/s1. The van der Waals surface area contributed by atoms with Gasteiger partial charge in [-0.3, -0.25) is 19.7 Å². The molecule has 1 aromatic heterocycles. The van der Waals surface area contributed by atoms with E-state index in [4.69, 9.17) is 0 Å². The number of carbonyl (C=O) groups excluding carboxylic acids is 1. The van der Waals surface area contributed by atoms with Crippen molar-refractivity contribution in [2.24, 2.45) is 5.92 Å². The number of rotatable bonds is 2. The molecule has 18 heavy (non-hydrogen) atoms. The highest BCUT2D eigenvalue weighted by Crippen LogP contribution is 2.28. The molecule has 2 aliphatic rings. The molecule has 1 N–H and O–H groups in total. The van der Waals surface area contributed by atoms with Crippen LogP contribution in [0, 0.1) is 12.8 Å². The molecule has 0 bridgehead atoms. The van der Waals surface area contributed by atoms with Crippen LogP contribution in [0.3, 0.4) is 0 Å². The number of hydrogen-bond donors (Lipinski definition) is 1.